The number of nitrogens with zero attached hydrogens (tertiary/aromatic N) is 2. The number of hydrogen-bond acceptors (Lipinski definition) is 4. The second kappa shape index (κ2) is 6.57. The molecular weight excluding hydrogens is 326 g/mol. The minimum Gasteiger partial charge on any atom is -0.488 e. The molecule has 1 saturated heterocycles. The first kappa shape index (κ1) is 15.7. The van der Waals surface area contributed by atoms with Crippen LogP contribution >= 0.6 is 0 Å². The number of rotatable bonds is 5. The molecule has 3 aromatic rings. The van der Waals surface area contributed by atoms with E-state index in [0.29, 0.717) is 23.7 Å². The zero-order valence-electron chi connectivity index (χ0n) is 13.2. The molecule has 4 rings (SSSR count). The number of ether oxygens (including phenoxy) is 2. The van der Waals surface area contributed by atoms with Crippen LogP contribution in [0.25, 0.3) is 22.5 Å². The van der Waals surface area contributed by atoms with Crippen molar-refractivity contribution in [1.29, 1.82) is 0 Å². The highest BCUT2D eigenvalue weighted by atomic mass is 19.2. The average molecular weight is 340 g/mol. The van der Waals surface area contributed by atoms with E-state index >= 15 is 0 Å². The molecule has 126 valence electrons. The summed E-state index contributed by atoms with van der Waals surface area (Å²) in [5.41, 5.74) is 2.22. The number of aromatic nitrogens is 2. The van der Waals surface area contributed by atoms with Crippen LogP contribution in [0.4, 0.5) is 8.78 Å². The van der Waals surface area contributed by atoms with E-state index in [0.717, 1.165) is 23.8 Å². The molecule has 1 aliphatic rings. The first-order valence-electron chi connectivity index (χ1n) is 7.81. The summed E-state index contributed by atoms with van der Waals surface area (Å²) in [6.07, 6.45) is 3.42. The second-order valence-electron chi connectivity index (χ2n) is 5.71. The Morgan fingerprint density at radius 2 is 1.56 bits per heavy atom. The van der Waals surface area contributed by atoms with E-state index in [4.69, 9.17) is 9.47 Å². The Bertz CT molecular complexity index is 879. The van der Waals surface area contributed by atoms with Crippen LogP contribution < -0.4 is 4.74 Å². The highest BCUT2D eigenvalue weighted by molar-refractivity contribution is 5.67. The molecule has 0 amide bonds. The Kier molecular flexibility index (Phi) is 4.11. The summed E-state index contributed by atoms with van der Waals surface area (Å²) >= 11 is 0. The van der Waals surface area contributed by atoms with Gasteiger partial charge in [0.05, 0.1) is 19.0 Å². The monoisotopic (exact) mass is 340 g/mol. The lowest BCUT2D eigenvalue weighted by atomic mass is 10.0. The highest BCUT2D eigenvalue weighted by Gasteiger charge is 2.23. The summed E-state index contributed by atoms with van der Waals surface area (Å²) in [5, 5.41) is 0. The quantitative estimate of drug-likeness (QED) is 0.662. The van der Waals surface area contributed by atoms with Crippen LogP contribution in [0.15, 0.2) is 54.9 Å². The molecular formula is C19H14F2N2O2. The summed E-state index contributed by atoms with van der Waals surface area (Å²) in [6.45, 7) is 1.24. The van der Waals surface area contributed by atoms with Gasteiger partial charge in [0.25, 0.3) is 0 Å². The predicted octanol–water partition coefficient (Wildman–Crippen LogP) is 3.87. The molecule has 0 saturated carbocycles. The van der Waals surface area contributed by atoms with Crippen molar-refractivity contribution >= 4 is 0 Å². The van der Waals surface area contributed by atoms with E-state index in [1.165, 1.54) is 6.07 Å². The van der Waals surface area contributed by atoms with Gasteiger partial charge in [-0.2, -0.15) is 0 Å². The van der Waals surface area contributed by atoms with Crippen molar-refractivity contribution in [2.75, 3.05) is 13.2 Å². The van der Waals surface area contributed by atoms with Crippen LogP contribution in [0.5, 0.6) is 5.75 Å². The molecule has 4 nitrogen and oxygen atoms in total. The second-order valence-corrected chi connectivity index (χ2v) is 5.71. The van der Waals surface area contributed by atoms with E-state index < -0.39 is 11.6 Å². The number of hydrogen-bond donors (Lipinski definition) is 0. The Labute approximate surface area is 143 Å². The van der Waals surface area contributed by atoms with Crippen LogP contribution in [-0.4, -0.2) is 29.3 Å². The Morgan fingerprint density at radius 3 is 2.20 bits per heavy atom. The van der Waals surface area contributed by atoms with Crippen molar-refractivity contribution < 1.29 is 18.3 Å². The zero-order chi connectivity index (χ0) is 17.2. The molecule has 6 heteroatoms. The maximum Gasteiger partial charge on any atom is 0.159 e. The van der Waals surface area contributed by atoms with Crippen LogP contribution in [0, 0.1) is 11.6 Å². The van der Waals surface area contributed by atoms with Gasteiger partial charge in [-0.05, 0) is 23.3 Å². The van der Waals surface area contributed by atoms with Gasteiger partial charge in [0, 0.05) is 5.56 Å². The molecule has 1 aliphatic heterocycles. The molecule has 1 aromatic heterocycles. The van der Waals surface area contributed by atoms with Gasteiger partial charge >= 0.3 is 0 Å². The lowest BCUT2D eigenvalue weighted by molar-refractivity contribution is 0.261. The lowest BCUT2D eigenvalue weighted by Gasteiger charge is -2.06. The predicted molar refractivity (Wildman–Crippen MR) is 88.1 cm³/mol. The zero-order valence-corrected chi connectivity index (χ0v) is 13.2. The Balaban J connectivity index is 1.49. The van der Waals surface area contributed by atoms with E-state index in [-0.39, 0.29) is 6.10 Å². The number of benzene rings is 2. The smallest absolute Gasteiger partial charge is 0.159 e. The van der Waals surface area contributed by atoms with Crippen molar-refractivity contribution in [1.82, 2.24) is 9.97 Å². The fourth-order valence-electron chi connectivity index (χ4n) is 2.38. The molecule has 0 bridgehead atoms. The van der Waals surface area contributed by atoms with Gasteiger partial charge in [0.1, 0.15) is 12.7 Å². The van der Waals surface area contributed by atoms with Crippen LogP contribution in [0.1, 0.15) is 0 Å². The average Bonchev–Trinajstić information content (AvgIpc) is 3.47. The van der Waals surface area contributed by atoms with Crippen molar-refractivity contribution in [2.45, 2.75) is 6.10 Å². The summed E-state index contributed by atoms with van der Waals surface area (Å²) < 4.78 is 37.0. The fraction of sp³-hybridized carbons (Fsp3) is 0.158. The first-order chi connectivity index (χ1) is 12.2. The topological polar surface area (TPSA) is 47.5 Å². The van der Waals surface area contributed by atoms with E-state index in [9.17, 15) is 8.78 Å². The Morgan fingerprint density at radius 1 is 0.920 bits per heavy atom. The van der Waals surface area contributed by atoms with Gasteiger partial charge in [-0.25, -0.2) is 18.7 Å². The van der Waals surface area contributed by atoms with Crippen LogP contribution in [0.3, 0.4) is 0 Å². The van der Waals surface area contributed by atoms with Crippen molar-refractivity contribution in [3.63, 3.8) is 0 Å². The minimum atomic E-state index is -0.864. The van der Waals surface area contributed by atoms with Gasteiger partial charge in [-0.3, -0.25) is 0 Å². The van der Waals surface area contributed by atoms with Crippen molar-refractivity contribution in [3.05, 3.63) is 66.5 Å². The molecule has 0 aliphatic carbocycles. The molecule has 1 fully saturated rings. The third-order valence-electron chi connectivity index (χ3n) is 3.86. The Hall–Kier alpha value is -2.86. The molecule has 0 N–H and O–H groups in total. The van der Waals surface area contributed by atoms with E-state index in [1.807, 2.05) is 24.3 Å². The summed E-state index contributed by atoms with van der Waals surface area (Å²) in [5.74, 6) is -0.564. The van der Waals surface area contributed by atoms with Gasteiger partial charge in [0.2, 0.25) is 0 Å². The summed E-state index contributed by atoms with van der Waals surface area (Å²) in [6, 6.07) is 11.2. The largest absolute Gasteiger partial charge is 0.488 e. The van der Waals surface area contributed by atoms with Crippen molar-refractivity contribution in [3.8, 4) is 28.3 Å². The third kappa shape index (κ3) is 3.64. The maximum atomic E-state index is 13.3. The normalized spacial score (nSPS) is 15.8. The van der Waals surface area contributed by atoms with Gasteiger partial charge < -0.3 is 9.47 Å². The van der Waals surface area contributed by atoms with Gasteiger partial charge in [0.15, 0.2) is 23.2 Å². The highest BCUT2D eigenvalue weighted by Crippen LogP contribution is 2.25. The summed E-state index contributed by atoms with van der Waals surface area (Å²) in [7, 11) is 0. The number of halogens is 2. The lowest BCUT2D eigenvalue weighted by Crippen LogP contribution is -2.04. The van der Waals surface area contributed by atoms with E-state index in [2.05, 4.69) is 9.97 Å². The molecule has 25 heavy (non-hydrogen) atoms. The fourth-order valence-corrected chi connectivity index (χ4v) is 2.38. The van der Waals surface area contributed by atoms with Crippen LogP contribution in [0.2, 0.25) is 0 Å². The maximum absolute atomic E-state index is 13.3. The number of epoxide rings is 1. The summed E-state index contributed by atoms with van der Waals surface area (Å²) in [4.78, 5) is 8.58. The van der Waals surface area contributed by atoms with Crippen molar-refractivity contribution in [2.24, 2.45) is 0 Å². The van der Waals surface area contributed by atoms with Gasteiger partial charge in [-0.1, -0.05) is 30.3 Å². The molecule has 1 unspecified atom stereocenters. The molecule has 0 radical (unpaired) electrons. The molecule has 0 spiro atoms. The SMILES string of the molecule is Fc1ccc(-c2ccc(-c3ncc(OCC4CO4)cn3)cc2)cc1F. The molecule has 1 atom stereocenters. The van der Waals surface area contributed by atoms with Crippen LogP contribution in [-0.2, 0) is 4.74 Å². The molecule has 2 aromatic carbocycles. The molecule has 2 heterocycles. The third-order valence-corrected chi connectivity index (χ3v) is 3.86. The first-order valence-corrected chi connectivity index (χ1v) is 7.81. The van der Waals surface area contributed by atoms with E-state index in [1.54, 1.807) is 18.5 Å². The van der Waals surface area contributed by atoms with Gasteiger partial charge in [-0.15, -0.1) is 0 Å². The standard InChI is InChI=1S/C19H14F2N2O2/c20-17-6-5-14(7-18(17)21)12-1-3-13(4-2-12)19-22-8-15(9-23-19)24-10-16-11-25-16/h1-9,16H,10-11H2. The minimum absolute atomic E-state index is 0.184.